The third-order valence-electron chi connectivity index (χ3n) is 2.51. The van der Waals surface area contributed by atoms with E-state index < -0.39 is 17.6 Å². The largest absolute Gasteiger partial charge is 0.462 e. The summed E-state index contributed by atoms with van der Waals surface area (Å²) in [6.45, 7) is 3.22. The summed E-state index contributed by atoms with van der Waals surface area (Å²) in [6.07, 6.45) is 0. The van der Waals surface area contributed by atoms with Gasteiger partial charge >= 0.3 is 17.6 Å². The molecule has 0 radical (unpaired) electrons. The molecule has 7 heteroatoms. The van der Waals surface area contributed by atoms with Crippen LogP contribution in [0.2, 0.25) is 0 Å². The van der Waals surface area contributed by atoms with Crippen LogP contribution in [0.15, 0.2) is 32.8 Å². The number of hydrogen-bond acceptors (Lipinski definition) is 7. The van der Waals surface area contributed by atoms with Crippen molar-refractivity contribution in [3.63, 3.8) is 0 Å². The topological polar surface area (TPSA) is 82.8 Å². The predicted octanol–water partition coefficient (Wildman–Crippen LogP) is 2.41. The Morgan fingerprint density at radius 3 is 2.71 bits per heavy atom. The molecule has 0 aliphatic rings. The third kappa shape index (κ3) is 3.38. The Morgan fingerprint density at radius 1 is 1.33 bits per heavy atom. The minimum absolute atomic E-state index is 0.0370. The van der Waals surface area contributed by atoms with Crippen molar-refractivity contribution < 1.29 is 23.5 Å². The Balaban J connectivity index is 2.40. The quantitative estimate of drug-likeness (QED) is 0.807. The molecule has 2 aromatic rings. The van der Waals surface area contributed by atoms with Crippen molar-refractivity contribution in [3.05, 3.63) is 50.2 Å². The van der Waals surface area contributed by atoms with Crippen LogP contribution in [0.4, 0.5) is 0 Å². The van der Waals surface area contributed by atoms with Gasteiger partial charge < -0.3 is 13.9 Å². The molecule has 0 amide bonds. The predicted molar refractivity (Wildman–Crippen MR) is 74.9 cm³/mol. The summed E-state index contributed by atoms with van der Waals surface area (Å²) in [4.78, 5) is 35.6. The Bertz CT molecular complexity index is 714. The van der Waals surface area contributed by atoms with Crippen molar-refractivity contribution in [3.8, 4) is 5.75 Å². The lowest BCUT2D eigenvalue weighted by molar-refractivity contribution is 0.0515. The number of esters is 2. The molecule has 0 bridgehead atoms. The zero-order valence-corrected chi connectivity index (χ0v) is 12.2. The fraction of sp³-hybridized carbons (Fsp3) is 0.214. The maximum Gasteiger partial charge on any atom is 0.353 e. The molecule has 2 rings (SSSR count). The van der Waals surface area contributed by atoms with Crippen molar-refractivity contribution in [2.24, 2.45) is 0 Å². The number of rotatable bonds is 4. The summed E-state index contributed by atoms with van der Waals surface area (Å²) >= 11 is 1.19. The first-order chi connectivity index (χ1) is 10.0. The average molecular weight is 308 g/mol. The van der Waals surface area contributed by atoms with Gasteiger partial charge in [-0.1, -0.05) is 6.07 Å². The van der Waals surface area contributed by atoms with Gasteiger partial charge in [-0.3, -0.25) is 0 Å². The zero-order chi connectivity index (χ0) is 15.4. The van der Waals surface area contributed by atoms with Crippen molar-refractivity contribution in [1.82, 2.24) is 0 Å². The van der Waals surface area contributed by atoms with Gasteiger partial charge in [0.15, 0.2) is 5.75 Å². The number of carbonyl (C=O) groups excluding carboxylic acids is 2. The Hall–Kier alpha value is -2.41. The SMILES string of the molecule is CCOC(=O)c1c(OC(=O)c2cccs2)cc(=O)oc1C. The molecule has 0 saturated carbocycles. The molecular formula is C14H12O6S. The van der Waals surface area contributed by atoms with Crippen LogP contribution in [0.5, 0.6) is 5.75 Å². The van der Waals surface area contributed by atoms with Gasteiger partial charge in [0.25, 0.3) is 0 Å². The highest BCUT2D eigenvalue weighted by Crippen LogP contribution is 2.23. The molecule has 0 unspecified atom stereocenters. The summed E-state index contributed by atoms with van der Waals surface area (Å²) < 4.78 is 14.8. The number of hydrogen-bond donors (Lipinski definition) is 0. The molecule has 0 aliphatic carbocycles. The van der Waals surface area contributed by atoms with Crippen molar-refractivity contribution in [2.45, 2.75) is 13.8 Å². The summed E-state index contributed by atoms with van der Waals surface area (Å²) in [6, 6.07) is 4.22. The zero-order valence-electron chi connectivity index (χ0n) is 11.4. The highest BCUT2D eigenvalue weighted by atomic mass is 32.1. The van der Waals surface area contributed by atoms with Gasteiger partial charge in [0.1, 0.15) is 16.2 Å². The van der Waals surface area contributed by atoms with Gasteiger partial charge in [-0.05, 0) is 25.3 Å². The van der Waals surface area contributed by atoms with Crippen LogP contribution in [0, 0.1) is 6.92 Å². The van der Waals surface area contributed by atoms with Crippen LogP contribution in [0.3, 0.4) is 0 Å². The normalized spacial score (nSPS) is 10.2. The minimum Gasteiger partial charge on any atom is -0.462 e. The van der Waals surface area contributed by atoms with Gasteiger partial charge in [-0.2, -0.15) is 0 Å². The number of carbonyl (C=O) groups is 2. The standard InChI is InChI=1S/C14H12O6S/c1-3-18-14(17)12-8(2)19-11(15)7-9(12)20-13(16)10-5-4-6-21-10/h4-7H,3H2,1-2H3. The van der Waals surface area contributed by atoms with Gasteiger partial charge in [-0.25, -0.2) is 14.4 Å². The van der Waals surface area contributed by atoms with E-state index in [2.05, 4.69) is 0 Å². The van der Waals surface area contributed by atoms with E-state index in [1.54, 1.807) is 24.4 Å². The van der Waals surface area contributed by atoms with E-state index >= 15 is 0 Å². The van der Waals surface area contributed by atoms with Gasteiger partial charge in [0.05, 0.1) is 12.7 Å². The lowest BCUT2D eigenvalue weighted by Gasteiger charge is -2.09. The van der Waals surface area contributed by atoms with Crippen molar-refractivity contribution in [2.75, 3.05) is 6.61 Å². The molecule has 0 spiro atoms. The smallest absolute Gasteiger partial charge is 0.353 e. The molecule has 0 N–H and O–H groups in total. The number of thiophene rings is 1. The lowest BCUT2D eigenvalue weighted by atomic mass is 10.2. The highest BCUT2D eigenvalue weighted by Gasteiger charge is 2.23. The maximum absolute atomic E-state index is 11.9. The van der Waals surface area contributed by atoms with Crippen LogP contribution in [-0.2, 0) is 4.74 Å². The third-order valence-corrected chi connectivity index (χ3v) is 3.36. The van der Waals surface area contributed by atoms with E-state index in [9.17, 15) is 14.4 Å². The van der Waals surface area contributed by atoms with E-state index in [0.717, 1.165) is 6.07 Å². The summed E-state index contributed by atoms with van der Waals surface area (Å²) in [5, 5.41) is 1.72. The van der Waals surface area contributed by atoms with E-state index in [1.165, 1.54) is 18.3 Å². The molecule has 2 heterocycles. The van der Waals surface area contributed by atoms with E-state index in [4.69, 9.17) is 13.9 Å². The summed E-state index contributed by atoms with van der Waals surface area (Å²) in [5.74, 6) is -1.50. The molecule has 0 aromatic carbocycles. The maximum atomic E-state index is 11.9. The van der Waals surface area contributed by atoms with Crippen molar-refractivity contribution >= 4 is 23.3 Å². The fourth-order valence-electron chi connectivity index (χ4n) is 1.66. The Kier molecular flexibility index (Phi) is 4.54. The van der Waals surface area contributed by atoms with E-state index in [0.29, 0.717) is 4.88 Å². The monoisotopic (exact) mass is 308 g/mol. The second kappa shape index (κ2) is 6.36. The Labute approximate surface area is 123 Å². The first-order valence-corrected chi connectivity index (χ1v) is 6.98. The summed E-state index contributed by atoms with van der Waals surface area (Å²) in [7, 11) is 0. The first-order valence-electron chi connectivity index (χ1n) is 6.10. The first kappa shape index (κ1) is 15.0. The van der Waals surface area contributed by atoms with E-state index in [-0.39, 0.29) is 23.7 Å². The molecule has 21 heavy (non-hydrogen) atoms. The number of ether oxygens (including phenoxy) is 2. The highest BCUT2D eigenvalue weighted by molar-refractivity contribution is 7.12. The second-order valence-corrected chi connectivity index (χ2v) is 4.90. The molecule has 2 aromatic heterocycles. The molecule has 0 fully saturated rings. The van der Waals surface area contributed by atoms with E-state index in [1.807, 2.05) is 0 Å². The van der Waals surface area contributed by atoms with Crippen molar-refractivity contribution in [1.29, 1.82) is 0 Å². The van der Waals surface area contributed by atoms with Crippen LogP contribution < -0.4 is 10.4 Å². The van der Waals surface area contributed by atoms with Gasteiger partial charge in [0, 0.05) is 0 Å². The van der Waals surface area contributed by atoms with Crippen LogP contribution >= 0.6 is 11.3 Å². The molecular weight excluding hydrogens is 296 g/mol. The second-order valence-electron chi connectivity index (χ2n) is 3.95. The molecule has 0 atom stereocenters. The molecule has 0 aliphatic heterocycles. The molecule has 110 valence electrons. The van der Waals surface area contributed by atoms with Crippen LogP contribution in [-0.4, -0.2) is 18.5 Å². The van der Waals surface area contributed by atoms with Crippen LogP contribution in [0.1, 0.15) is 32.7 Å². The molecule has 6 nitrogen and oxygen atoms in total. The summed E-state index contributed by atoms with van der Waals surface area (Å²) in [5.41, 5.74) is -0.782. The number of aryl methyl sites for hydroxylation is 1. The average Bonchev–Trinajstić information content (AvgIpc) is 2.91. The lowest BCUT2D eigenvalue weighted by Crippen LogP contribution is -2.16. The van der Waals surface area contributed by atoms with Gasteiger partial charge in [-0.15, -0.1) is 11.3 Å². The fourth-order valence-corrected chi connectivity index (χ4v) is 2.26. The van der Waals surface area contributed by atoms with Crippen LogP contribution in [0.25, 0.3) is 0 Å². The minimum atomic E-state index is -0.715. The molecule has 0 saturated heterocycles. The Morgan fingerprint density at radius 2 is 2.10 bits per heavy atom. The van der Waals surface area contributed by atoms with Gasteiger partial charge in [0.2, 0.25) is 0 Å².